The predicted octanol–water partition coefficient (Wildman–Crippen LogP) is 0.592. The third-order valence-corrected chi connectivity index (χ3v) is 2.89. The summed E-state index contributed by atoms with van der Waals surface area (Å²) < 4.78 is 0. The van der Waals surface area contributed by atoms with E-state index in [9.17, 15) is 0 Å². The summed E-state index contributed by atoms with van der Waals surface area (Å²) in [6.45, 7) is 5.36. The number of nitrogens with zero attached hydrogens (tertiary/aromatic N) is 1. The van der Waals surface area contributed by atoms with Crippen LogP contribution in [0.5, 0.6) is 0 Å². The highest BCUT2D eigenvalue weighted by molar-refractivity contribution is 5.18. The number of hydrogen-bond donors (Lipinski definition) is 2. The van der Waals surface area contributed by atoms with Crippen LogP contribution in [-0.2, 0) is 0 Å². The topological polar surface area (TPSA) is 41.3 Å². The lowest BCUT2D eigenvalue weighted by Crippen LogP contribution is -2.45. The van der Waals surface area contributed by atoms with Crippen molar-refractivity contribution < 1.29 is 0 Å². The molecule has 0 radical (unpaired) electrons. The van der Waals surface area contributed by atoms with Gasteiger partial charge >= 0.3 is 0 Å². The third-order valence-electron chi connectivity index (χ3n) is 2.89. The molecule has 0 aliphatic carbocycles. The molecule has 1 saturated heterocycles. The molecule has 3 heteroatoms. The molecule has 3 N–H and O–H groups in total. The molecule has 0 aromatic heterocycles. The van der Waals surface area contributed by atoms with E-state index in [0.29, 0.717) is 0 Å². The van der Waals surface area contributed by atoms with Crippen molar-refractivity contribution in [2.75, 3.05) is 32.7 Å². The lowest BCUT2D eigenvalue weighted by atomic mass is 10.1. The smallest absolute Gasteiger partial charge is 0.0424 e. The van der Waals surface area contributed by atoms with Gasteiger partial charge in [-0.2, -0.15) is 0 Å². The van der Waals surface area contributed by atoms with Crippen LogP contribution in [0.15, 0.2) is 30.3 Å². The van der Waals surface area contributed by atoms with Crippen molar-refractivity contribution in [3.8, 4) is 0 Å². The maximum Gasteiger partial charge on any atom is 0.0424 e. The summed E-state index contributed by atoms with van der Waals surface area (Å²) in [6, 6.07) is 10.5. The summed E-state index contributed by atoms with van der Waals surface area (Å²) >= 11 is 0. The van der Waals surface area contributed by atoms with Crippen molar-refractivity contribution in [1.29, 1.82) is 0 Å². The standard InChI is InChI=1S/C12H19N3/c13-12(11-4-2-1-3-5-11)10-15-8-6-14-7-9-15/h1-5,12,14H,6-10,13H2/t12-/m1/s1. The normalized spacial score (nSPS) is 20.1. The quantitative estimate of drug-likeness (QED) is 0.759. The summed E-state index contributed by atoms with van der Waals surface area (Å²) in [5.74, 6) is 0. The maximum atomic E-state index is 6.16. The fraction of sp³-hybridized carbons (Fsp3) is 0.500. The van der Waals surface area contributed by atoms with Crippen molar-refractivity contribution in [3.05, 3.63) is 35.9 Å². The molecule has 1 aliphatic rings. The van der Waals surface area contributed by atoms with E-state index in [4.69, 9.17) is 5.73 Å². The van der Waals surface area contributed by atoms with Gasteiger partial charge < -0.3 is 11.1 Å². The molecule has 1 atom stereocenters. The Morgan fingerprint density at radius 2 is 1.87 bits per heavy atom. The van der Waals surface area contributed by atoms with E-state index in [-0.39, 0.29) is 6.04 Å². The van der Waals surface area contributed by atoms with Crippen molar-refractivity contribution >= 4 is 0 Å². The average Bonchev–Trinajstić information content (AvgIpc) is 2.31. The molecule has 0 spiro atoms. The van der Waals surface area contributed by atoms with Crippen molar-refractivity contribution in [2.45, 2.75) is 6.04 Å². The number of benzene rings is 1. The van der Waals surface area contributed by atoms with Gasteiger partial charge in [0.1, 0.15) is 0 Å². The number of nitrogens with two attached hydrogens (primary N) is 1. The Labute approximate surface area is 91.3 Å². The third kappa shape index (κ3) is 3.02. The van der Waals surface area contributed by atoms with Gasteiger partial charge in [-0.15, -0.1) is 0 Å². The van der Waals surface area contributed by atoms with E-state index in [1.54, 1.807) is 0 Å². The molecule has 0 bridgehead atoms. The molecule has 1 aromatic rings. The van der Waals surface area contributed by atoms with Gasteiger partial charge in [0.05, 0.1) is 0 Å². The Bertz CT molecular complexity index is 280. The van der Waals surface area contributed by atoms with E-state index in [2.05, 4.69) is 22.3 Å². The van der Waals surface area contributed by atoms with Crippen LogP contribution in [-0.4, -0.2) is 37.6 Å². The first-order valence-corrected chi connectivity index (χ1v) is 5.60. The minimum absolute atomic E-state index is 0.143. The lowest BCUT2D eigenvalue weighted by Gasteiger charge is -2.29. The number of hydrogen-bond acceptors (Lipinski definition) is 3. The Hall–Kier alpha value is -0.900. The van der Waals surface area contributed by atoms with Crippen LogP contribution in [0, 0.1) is 0 Å². The molecule has 1 aromatic carbocycles. The number of rotatable bonds is 3. The van der Waals surface area contributed by atoms with Gasteiger partial charge in [0, 0.05) is 38.8 Å². The minimum atomic E-state index is 0.143. The fourth-order valence-corrected chi connectivity index (χ4v) is 1.98. The van der Waals surface area contributed by atoms with Crippen molar-refractivity contribution in [2.24, 2.45) is 5.73 Å². The summed E-state index contributed by atoms with van der Waals surface area (Å²) in [7, 11) is 0. The average molecular weight is 205 g/mol. The SMILES string of the molecule is N[C@H](CN1CCNCC1)c1ccccc1. The highest BCUT2D eigenvalue weighted by Crippen LogP contribution is 2.11. The van der Waals surface area contributed by atoms with Crippen LogP contribution in [0.3, 0.4) is 0 Å². The Kier molecular flexibility index (Phi) is 3.72. The second-order valence-electron chi connectivity index (χ2n) is 4.07. The van der Waals surface area contributed by atoms with E-state index >= 15 is 0 Å². The minimum Gasteiger partial charge on any atom is -0.323 e. The molecule has 1 heterocycles. The number of nitrogens with one attached hydrogen (secondary N) is 1. The van der Waals surface area contributed by atoms with Crippen LogP contribution >= 0.6 is 0 Å². The molecule has 2 rings (SSSR count). The van der Waals surface area contributed by atoms with E-state index in [0.717, 1.165) is 32.7 Å². The number of piperazine rings is 1. The molecule has 3 nitrogen and oxygen atoms in total. The zero-order chi connectivity index (χ0) is 10.5. The van der Waals surface area contributed by atoms with Gasteiger partial charge in [-0.1, -0.05) is 30.3 Å². The van der Waals surface area contributed by atoms with Crippen LogP contribution in [0.4, 0.5) is 0 Å². The molecule has 0 saturated carbocycles. The molecule has 15 heavy (non-hydrogen) atoms. The van der Waals surface area contributed by atoms with Crippen LogP contribution in [0.2, 0.25) is 0 Å². The Balaban J connectivity index is 1.88. The Morgan fingerprint density at radius 3 is 2.53 bits per heavy atom. The largest absolute Gasteiger partial charge is 0.323 e. The first-order chi connectivity index (χ1) is 7.36. The zero-order valence-corrected chi connectivity index (χ0v) is 9.02. The van der Waals surface area contributed by atoms with Crippen molar-refractivity contribution in [1.82, 2.24) is 10.2 Å². The van der Waals surface area contributed by atoms with Gasteiger partial charge in [-0.3, -0.25) is 4.90 Å². The predicted molar refractivity (Wildman–Crippen MR) is 62.7 cm³/mol. The first kappa shape index (κ1) is 10.6. The lowest BCUT2D eigenvalue weighted by molar-refractivity contribution is 0.228. The molecule has 82 valence electrons. The van der Waals surface area contributed by atoms with Gasteiger partial charge in [-0.05, 0) is 5.56 Å². The molecule has 1 fully saturated rings. The van der Waals surface area contributed by atoms with E-state index in [1.807, 2.05) is 18.2 Å². The van der Waals surface area contributed by atoms with Crippen molar-refractivity contribution in [3.63, 3.8) is 0 Å². The second-order valence-corrected chi connectivity index (χ2v) is 4.07. The summed E-state index contributed by atoms with van der Waals surface area (Å²) in [4.78, 5) is 2.42. The molecule has 0 unspecified atom stereocenters. The molecule has 0 amide bonds. The fourth-order valence-electron chi connectivity index (χ4n) is 1.98. The summed E-state index contributed by atoms with van der Waals surface area (Å²) in [5, 5.41) is 3.35. The highest BCUT2D eigenvalue weighted by atomic mass is 15.2. The highest BCUT2D eigenvalue weighted by Gasteiger charge is 2.13. The second kappa shape index (κ2) is 5.26. The molecule has 1 aliphatic heterocycles. The maximum absolute atomic E-state index is 6.16. The summed E-state index contributed by atoms with van der Waals surface area (Å²) in [6.07, 6.45) is 0. The molecular formula is C12H19N3. The van der Waals surface area contributed by atoms with Gasteiger partial charge in [0.2, 0.25) is 0 Å². The van der Waals surface area contributed by atoms with Gasteiger partial charge in [-0.25, -0.2) is 0 Å². The van der Waals surface area contributed by atoms with E-state index in [1.165, 1.54) is 5.56 Å². The van der Waals surface area contributed by atoms with Gasteiger partial charge in [0.25, 0.3) is 0 Å². The molecular weight excluding hydrogens is 186 g/mol. The first-order valence-electron chi connectivity index (χ1n) is 5.60. The summed E-state index contributed by atoms with van der Waals surface area (Å²) in [5.41, 5.74) is 7.40. The van der Waals surface area contributed by atoms with E-state index < -0.39 is 0 Å². The Morgan fingerprint density at radius 1 is 1.20 bits per heavy atom. The van der Waals surface area contributed by atoms with Crippen LogP contribution < -0.4 is 11.1 Å². The van der Waals surface area contributed by atoms with Crippen LogP contribution in [0.25, 0.3) is 0 Å². The van der Waals surface area contributed by atoms with Crippen LogP contribution in [0.1, 0.15) is 11.6 Å². The monoisotopic (exact) mass is 205 g/mol. The van der Waals surface area contributed by atoms with Gasteiger partial charge in [0.15, 0.2) is 0 Å². The zero-order valence-electron chi connectivity index (χ0n) is 9.02.